The molecule has 0 radical (unpaired) electrons. The number of nitrogens with zero attached hydrogens (tertiary/aromatic N) is 3. The number of imidazole rings is 1. The summed E-state index contributed by atoms with van der Waals surface area (Å²) in [7, 11) is 0. The molecule has 8 heteroatoms. The van der Waals surface area contributed by atoms with Crippen LogP contribution in [0.25, 0.3) is 11.0 Å². The largest absolute Gasteiger partial charge is 0.458 e. The summed E-state index contributed by atoms with van der Waals surface area (Å²) in [6, 6.07) is 11.7. The average Bonchev–Trinajstić information content (AvgIpc) is 3.33. The highest BCUT2D eigenvalue weighted by Gasteiger charge is 2.35. The first-order chi connectivity index (χ1) is 13.5. The topological polar surface area (TPSA) is 58.0 Å². The van der Waals surface area contributed by atoms with Gasteiger partial charge in [-0.25, -0.2) is 9.97 Å². The average molecular weight is 384 g/mol. The zero-order chi connectivity index (χ0) is 19.3. The number of aromatic amines is 1. The lowest BCUT2D eigenvalue weighted by atomic mass is 10.00. The van der Waals surface area contributed by atoms with Gasteiger partial charge in [-0.2, -0.15) is 13.2 Å². The third-order valence-electron chi connectivity index (χ3n) is 5.01. The number of anilines is 1. The fourth-order valence-electron chi connectivity index (χ4n) is 3.67. The number of nitrogens with one attached hydrogen (secondary N) is 1. The van der Waals surface area contributed by atoms with Crippen molar-refractivity contribution in [2.75, 3.05) is 11.4 Å². The fraction of sp³-hybridized carbons (Fsp3) is 0.200. The van der Waals surface area contributed by atoms with E-state index in [0.717, 1.165) is 34.6 Å². The van der Waals surface area contributed by atoms with E-state index in [0.29, 0.717) is 24.5 Å². The summed E-state index contributed by atoms with van der Waals surface area (Å²) in [6.07, 6.45) is -1.23. The predicted molar refractivity (Wildman–Crippen MR) is 96.9 cm³/mol. The minimum atomic E-state index is -4.42. The maximum absolute atomic E-state index is 12.9. The van der Waals surface area contributed by atoms with Gasteiger partial charge in [0.2, 0.25) is 0 Å². The lowest BCUT2D eigenvalue weighted by molar-refractivity contribution is -0.137. The number of hydrogen-bond donors (Lipinski definition) is 1. The molecule has 5 rings (SSSR count). The number of alkyl halides is 3. The monoisotopic (exact) mass is 384 g/mol. The molecule has 0 aliphatic carbocycles. The second kappa shape index (κ2) is 6.12. The van der Waals surface area contributed by atoms with E-state index in [9.17, 15) is 13.2 Å². The van der Waals surface area contributed by atoms with Crippen LogP contribution >= 0.6 is 0 Å². The number of halogens is 3. The van der Waals surface area contributed by atoms with E-state index in [1.54, 1.807) is 6.33 Å². The minimum Gasteiger partial charge on any atom is -0.458 e. The molecule has 1 aromatic carbocycles. The lowest BCUT2D eigenvalue weighted by Crippen LogP contribution is -2.36. The first-order valence-electron chi connectivity index (χ1n) is 8.81. The molecule has 0 unspecified atom stereocenters. The van der Waals surface area contributed by atoms with Gasteiger partial charge in [0.1, 0.15) is 23.2 Å². The van der Waals surface area contributed by atoms with Crippen LogP contribution in [0.5, 0.6) is 0 Å². The Hall–Kier alpha value is -3.29. The van der Waals surface area contributed by atoms with E-state index in [-0.39, 0.29) is 6.04 Å². The molecular formula is C20H15F3N4O. The number of para-hydroxylation sites is 1. The maximum Gasteiger partial charge on any atom is 0.417 e. The van der Waals surface area contributed by atoms with Crippen LogP contribution in [-0.4, -0.2) is 21.5 Å². The Morgan fingerprint density at radius 2 is 1.96 bits per heavy atom. The van der Waals surface area contributed by atoms with E-state index in [2.05, 4.69) is 15.0 Å². The third-order valence-corrected chi connectivity index (χ3v) is 5.01. The summed E-state index contributed by atoms with van der Waals surface area (Å²) in [5.74, 6) is 1.13. The van der Waals surface area contributed by atoms with Crippen LogP contribution in [0.3, 0.4) is 0 Å². The van der Waals surface area contributed by atoms with Crippen LogP contribution < -0.4 is 4.90 Å². The van der Waals surface area contributed by atoms with Gasteiger partial charge in [-0.15, -0.1) is 0 Å². The number of rotatable bonds is 2. The molecule has 0 bridgehead atoms. The molecule has 0 fully saturated rings. The molecule has 1 aliphatic heterocycles. The van der Waals surface area contributed by atoms with E-state index in [1.165, 1.54) is 6.07 Å². The molecule has 142 valence electrons. The normalized spacial score (nSPS) is 17.1. The number of aromatic nitrogens is 3. The van der Waals surface area contributed by atoms with Gasteiger partial charge >= 0.3 is 6.18 Å². The number of H-pyrrole nitrogens is 1. The zero-order valence-electron chi connectivity index (χ0n) is 14.6. The van der Waals surface area contributed by atoms with Crippen LogP contribution in [0, 0.1) is 0 Å². The van der Waals surface area contributed by atoms with Gasteiger partial charge < -0.3 is 14.3 Å². The van der Waals surface area contributed by atoms with Crippen LogP contribution in [0.15, 0.2) is 59.4 Å². The molecule has 0 saturated heterocycles. The summed E-state index contributed by atoms with van der Waals surface area (Å²) in [6.45, 7) is 0.579. The highest BCUT2D eigenvalue weighted by atomic mass is 19.4. The van der Waals surface area contributed by atoms with Crippen molar-refractivity contribution in [2.45, 2.75) is 18.6 Å². The van der Waals surface area contributed by atoms with Crippen molar-refractivity contribution in [1.82, 2.24) is 15.0 Å². The molecule has 4 aromatic rings. The van der Waals surface area contributed by atoms with E-state index in [1.807, 2.05) is 35.2 Å². The number of hydrogen-bond acceptors (Lipinski definition) is 4. The van der Waals surface area contributed by atoms with Crippen LogP contribution in [0.1, 0.15) is 28.8 Å². The summed E-state index contributed by atoms with van der Waals surface area (Å²) in [5.41, 5.74) is 1.77. The summed E-state index contributed by atoms with van der Waals surface area (Å²) < 4.78 is 44.7. The van der Waals surface area contributed by atoms with Crippen LogP contribution in [0.2, 0.25) is 0 Å². The van der Waals surface area contributed by atoms with Gasteiger partial charge in [0.05, 0.1) is 17.6 Å². The Morgan fingerprint density at radius 1 is 1.11 bits per heavy atom. The van der Waals surface area contributed by atoms with Crippen molar-refractivity contribution in [3.63, 3.8) is 0 Å². The van der Waals surface area contributed by atoms with Gasteiger partial charge in [-0.3, -0.25) is 0 Å². The Morgan fingerprint density at radius 3 is 2.71 bits per heavy atom. The van der Waals surface area contributed by atoms with E-state index >= 15 is 0 Å². The Kier molecular flexibility index (Phi) is 3.68. The molecule has 0 amide bonds. The molecule has 1 aliphatic rings. The fourth-order valence-corrected chi connectivity index (χ4v) is 3.67. The minimum absolute atomic E-state index is 0.369. The second-order valence-corrected chi connectivity index (χ2v) is 6.70. The Labute approximate surface area is 157 Å². The standard InChI is InChI=1S/C20H15F3N4O/c21-20(22,23)13-5-6-17(24-10-13)27-8-7-14-18(26-11-25-14)19(27)16-9-12-3-1-2-4-15(12)28-16/h1-6,9-11,19H,7-8H2,(H,25,26)/t19-/m0/s1. The zero-order valence-corrected chi connectivity index (χ0v) is 14.6. The SMILES string of the molecule is FC(F)(F)c1ccc(N2CCc3[nH]cnc3[C@@H]2c2cc3ccccc3o2)nc1. The number of pyridine rings is 1. The van der Waals surface area contributed by atoms with E-state index in [4.69, 9.17) is 4.42 Å². The van der Waals surface area contributed by atoms with Gasteiger partial charge in [-0.05, 0) is 24.3 Å². The molecule has 4 heterocycles. The van der Waals surface area contributed by atoms with Crippen LogP contribution in [-0.2, 0) is 12.6 Å². The van der Waals surface area contributed by atoms with Gasteiger partial charge in [0.15, 0.2) is 0 Å². The van der Waals surface area contributed by atoms with Gasteiger partial charge in [0, 0.05) is 30.2 Å². The van der Waals surface area contributed by atoms with Crippen molar-refractivity contribution in [1.29, 1.82) is 0 Å². The third kappa shape index (κ3) is 2.72. The molecule has 1 N–H and O–H groups in total. The first-order valence-corrected chi connectivity index (χ1v) is 8.81. The molecule has 3 aromatic heterocycles. The van der Waals surface area contributed by atoms with E-state index < -0.39 is 11.7 Å². The van der Waals surface area contributed by atoms with Crippen molar-refractivity contribution in [3.8, 4) is 0 Å². The number of furan rings is 1. The molecule has 1 atom stereocenters. The predicted octanol–water partition coefficient (Wildman–Crippen LogP) is 4.72. The van der Waals surface area contributed by atoms with Crippen molar-refractivity contribution in [2.24, 2.45) is 0 Å². The summed E-state index contributed by atoms with van der Waals surface area (Å²) >= 11 is 0. The number of benzene rings is 1. The maximum atomic E-state index is 12.9. The first kappa shape index (κ1) is 16.9. The van der Waals surface area contributed by atoms with Crippen LogP contribution in [0.4, 0.5) is 19.0 Å². The van der Waals surface area contributed by atoms with Gasteiger partial charge in [-0.1, -0.05) is 18.2 Å². The molecule has 28 heavy (non-hydrogen) atoms. The summed E-state index contributed by atoms with van der Waals surface area (Å²) in [5, 5.41) is 0.959. The highest BCUT2D eigenvalue weighted by molar-refractivity contribution is 5.78. The van der Waals surface area contributed by atoms with Crippen molar-refractivity contribution < 1.29 is 17.6 Å². The van der Waals surface area contributed by atoms with Crippen molar-refractivity contribution >= 4 is 16.8 Å². The number of fused-ring (bicyclic) bond motifs is 2. The smallest absolute Gasteiger partial charge is 0.417 e. The van der Waals surface area contributed by atoms with Crippen molar-refractivity contribution in [3.05, 3.63) is 77.7 Å². The molecule has 0 saturated carbocycles. The quantitative estimate of drug-likeness (QED) is 0.543. The second-order valence-electron chi connectivity index (χ2n) is 6.70. The lowest BCUT2D eigenvalue weighted by Gasteiger charge is -2.34. The summed E-state index contributed by atoms with van der Waals surface area (Å²) in [4.78, 5) is 13.6. The molecular weight excluding hydrogens is 369 g/mol. The molecule has 5 nitrogen and oxygen atoms in total. The Bertz CT molecular complexity index is 1100. The molecule has 0 spiro atoms. The Balaban J connectivity index is 1.60. The highest BCUT2D eigenvalue weighted by Crippen LogP contribution is 2.39. The van der Waals surface area contributed by atoms with Gasteiger partial charge in [0.25, 0.3) is 0 Å².